The smallest absolute Gasteiger partial charge is 0.0135 e. The topological polar surface area (TPSA) is 0 Å². The number of allylic oxidation sites excluding steroid dienone is 6. The molecule has 0 heteroatoms. The molecule has 0 aliphatic heterocycles. The number of hydrogen-bond acceptors (Lipinski definition) is 0. The summed E-state index contributed by atoms with van der Waals surface area (Å²) in [6.07, 6.45) is 9.79. The highest BCUT2D eigenvalue weighted by molar-refractivity contribution is 5.28. The van der Waals surface area contributed by atoms with Crippen LogP contribution in [-0.4, -0.2) is 0 Å². The van der Waals surface area contributed by atoms with E-state index in [0.29, 0.717) is 5.92 Å². The minimum absolute atomic E-state index is 0.653. The summed E-state index contributed by atoms with van der Waals surface area (Å²) in [6.45, 7) is 10.8. The number of benzene rings is 1. The van der Waals surface area contributed by atoms with E-state index in [4.69, 9.17) is 0 Å². The van der Waals surface area contributed by atoms with E-state index in [2.05, 4.69) is 83.2 Å². The van der Waals surface area contributed by atoms with Crippen molar-refractivity contribution in [2.45, 2.75) is 47.0 Å². The highest BCUT2D eigenvalue weighted by Gasteiger charge is 1.95. The van der Waals surface area contributed by atoms with Gasteiger partial charge in [-0.1, -0.05) is 79.1 Å². The van der Waals surface area contributed by atoms with Crippen LogP contribution in [0.3, 0.4) is 0 Å². The quantitative estimate of drug-likeness (QED) is 0.580. The van der Waals surface area contributed by atoms with Gasteiger partial charge >= 0.3 is 0 Å². The van der Waals surface area contributed by atoms with Crippen LogP contribution in [0.1, 0.15) is 51.2 Å². The van der Waals surface area contributed by atoms with Crippen LogP contribution in [0.5, 0.6) is 0 Å². The van der Waals surface area contributed by atoms with Crippen LogP contribution >= 0.6 is 0 Å². The lowest BCUT2D eigenvalue weighted by Crippen LogP contribution is -1.85. The van der Waals surface area contributed by atoms with Gasteiger partial charge in [0.15, 0.2) is 0 Å². The Bertz CT molecular complexity index is 467. The standard InChI is InChI=1S/C10H14.C9H12/c1-8(2)10-6-4-9(3)5-7-10;1-8-4-3-5-9(2)7-6-8/h4-8H,1-3H3;3-4,6-7H,5H2,1-2H3. The minimum Gasteiger partial charge on any atom is -0.0802 e. The van der Waals surface area contributed by atoms with Gasteiger partial charge in [-0.2, -0.15) is 0 Å². The lowest BCUT2D eigenvalue weighted by atomic mass is 10.0. The number of hydrogen-bond donors (Lipinski definition) is 0. The molecular formula is C19H26. The largest absolute Gasteiger partial charge is 0.0802 e. The van der Waals surface area contributed by atoms with Crippen LogP contribution in [0, 0.1) is 6.92 Å². The molecule has 0 unspecified atom stereocenters. The molecule has 0 radical (unpaired) electrons. The Kier molecular flexibility index (Phi) is 6.35. The molecule has 0 spiro atoms. The third-order valence-corrected chi connectivity index (χ3v) is 3.20. The van der Waals surface area contributed by atoms with E-state index in [1.165, 1.54) is 22.3 Å². The molecule has 0 atom stereocenters. The molecule has 0 bridgehead atoms. The Hall–Kier alpha value is -1.56. The summed E-state index contributed by atoms with van der Waals surface area (Å²) in [7, 11) is 0. The van der Waals surface area contributed by atoms with Gasteiger partial charge in [-0.3, -0.25) is 0 Å². The second-order valence-electron chi connectivity index (χ2n) is 5.60. The highest BCUT2D eigenvalue weighted by atomic mass is 14.0. The van der Waals surface area contributed by atoms with E-state index < -0.39 is 0 Å². The first-order valence-corrected chi connectivity index (χ1v) is 7.06. The lowest BCUT2D eigenvalue weighted by Gasteiger charge is -2.03. The second kappa shape index (κ2) is 7.78. The maximum absolute atomic E-state index is 2.21. The molecule has 0 heterocycles. The number of aryl methyl sites for hydroxylation is 1. The van der Waals surface area contributed by atoms with Crippen molar-refractivity contribution in [2.75, 3.05) is 0 Å². The van der Waals surface area contributed by atoms with Gasteiger partial charge in [0.1, 0.15) is 0 Å². The summed E-state index contributed by atoms with van der Waals surface area (Å²) in [5.74, 6) is 0.653. The van der Waals surface area contributed by atoms with Crippen LogP contribution < -0.4 is 0 Å². The molecule has 0 saturated heterocycles. The predicted molar refractivity (Wildman–Crippen MR) is 86.5 cm³/mol. The first kappa shape index (κ1) is 15.5. The van der Waals surface area contributed by atoms with Crippen molar-refractivity contribution >= 4 is 0 Å². The van der Waals surface area contributed by atoms with Crippen molar-refractivity contribution in [3.8, 4) is 0 Å². The maximum atomic E-state index is 2.21. The Morgan fingerprint density at radius 2 is 1.53 bits per heavy atom. The van der Waals surface area contributed by atoms with Gasteiger partial charge in [-0.25, -0.2) is 0 Å². The van der Waals surface area contributed by atoms with Gasteiger partial charge in [-0.15, -0.1) is 0 Å². The van der Waals surface area contributed by atoms with Gasteiger partial charge in [0, 0.05) is 0 Å². The van der Waals surface area contributed by atoms with Gasteiger partial charge < -0.3 is 0 Å². The van der Waals surface area contributed by atoms with Crippen molar-refractivity contribution in [1.82, 2.24) is 0 Å². The van der Waals surface area contributed by atoms with E-state index in [-0.39, 0.29) is 0 Å². The molecule has 1 aromatic rings. The van der Waals surface area contributed by atoms with Crippen LogP contribution in [0.25, 0.3) is 0 Å². The fourth-order valence-corrected chi connectivity index (χ4v) is 1.78. The van der Waals surface area contributed by atoms with E-state index in [1.54, 1.807) is 0 Å². The fraction of sp³-hybridized carbons (Fsp3) is 0.368. The van der Waals surface area contributed by atoms with E-state index in [1.807, 2.05) is 0 Å². The van der Waals surface area contributed by atoms with Gasteiger partial charge in [0.2, 0.25) is 0 Å². The number of rotatable bonds is 1. The molecule has 0 amide bonds. The zero-order chi connectivity index (χ0) is 14.3. The molecule has 2 rings (SSSR count). The van der Waals surface area contributed by atoms with Gasteiger partial charge in [0.05, 0.1) is 0 Å². The van der Waals surface area contributed by atoms with Crippen LogP contribution in [0.15, 0.2) is 59.7 Å². The van der Waals surface area contributed by atoms with Crippen LogP contribution in [0.2, 0.25) is 0 Å². The fourth-order valence-electron chi connectivity index (χ4n) is 1.78. The third-order valence-electron chi connectivity index (χ3n) is 3.20. The normalized spacial score (nSPS) is 14.2. The molecule has 0 nitrogen and oxygen atoms in total. The van der Waals surface area contributed by atoms with Crippen LogP contribution in [0.4, 0.5) is 0 Å². The average molecular weight is 254 g/mol. The van der Waals surface area contributed by atoms with E-state index in [9.17, 15) is 0 Å². The average Bonchev–Trinajstić information content (AvgIpc) is 2.55. The summed E-state index contributed by atoms with van der Waals surface area (Å²) in [4.78, 5) is 0. The zero-order valence-corrected chi connectivity index (χ0v) is 12.9. The first-order valence-electron chi connectivity index (χ1n) is 7.06. The zero-order valence-electron chi connectivity index (χ0n) is 12.9. The molecule has 102 valence electrons. The molecule has 0 N–H and O–H groups in total. The molecule has 0 saturated carbocycles. The summed E-state index contributed by atoms with van der Waals surface area (Å²) in [5, 5.41) is 0. The lowest BCUT2D eigenvalue weighted by molar-refractivity contribution is 0.866. The van der Waals surface area contributed by atoms with E-state index >= 15 is 0 Å². The predicted octanol–water partition coefficient (Wildman–Crippen LogP) is 5.96. The van der Waals surface area contributed by atoms with Crippen LogP contribution in [-0.2, 0) is 0 Å². The monoisotopic (exact) mass is 254 g/mol. The van der Waals surface area contributed by atoms with Crippen molar-refractivity contribution in [3.05, 3.63) is 70.8 Å². The maximum Gasteiger partial charge on any atom is -0.0135 e. The van der Waals surface area contributed by atoms with E-state index in [0.717, 1.165) is 6.42 Å². The molecule has 0 fully saturated rings. The minimum atomic E-state index is 0.653. The van der Waals surface area contributed by atoms with Crippen molar-refractivity contribution < 1.29 is 0 Å². The molecule has 1 aliphatic rings. The molecule has 0 aromatic heterocycles. The second-order valence-corrected chi connectivity index (χ2v) is 5.60. The summed E-state index contributed by atoms with van der Waals surface area (Å²) >= 11 is 0. The van der Waals surface area contributed by atoms with Gasteiger partial charge in [-0.05, 0) is 38.7 Å². The highest BCUT2D eigenvalue weighted by Crippen LogP contribution is 2.13. The Morgan fingerprint density at radius 1 is 0.895 bits per heavy atom. The Morgan fingerprint density at radius 3 is 2.11 bits per heavy atom. The Balaban J connectivity index is 0.000000191. The van der Waals surface area contributed by atoms with Crippen molar-refractivity contribution in [2.24, 2.45) is 0 Å². The summed E-state index contributed by atoms with van der Waals surface area (Å²) < 4.78 is 0. The summed E-state index contributed by atoms with van der Waals surface area (Å²) in [5.41, 5.74) is 5.53. The molecule has 1 aliphatic carbocycles. The third kappa shape index (κ3) is 6.24. The molecule has 1 aromatic carbocycles. The summed E-state index contributed by atoms with van der Waals surface area (Å²) in [6, 6.07) is 8.71. The van der Waals surface area contributed by atoms with Crippen molar-refractivity contribution in [1.29, 1.82) is 0 Å². The van der Waals surface area contributed by atoms with Crippen molar-refractivity contribution in [3.63, 3.8) is 0 Å². The Labute approximate surface area is 118 Å². The first-order chi connectivity index (χ1) is 8.99. The molecular weight excluding hydrogens is 228 g/mol. The van der Waals surface area contributed by atoms with Gasteiger partial charge in [0.25, 0.3) is 0 Å². The molecule has 19 heavy (non-hydrogen) atoms. The SMILES string of the molecule is CC1=CC=C(C)CC=C1.Cc1ccc(C(C)C)cc1.